The van der Waals surface area contributed by atoms with E-state index in [1.807, 2.05) is 49.4 Å². The minimum Gasteiger partial charge on any atom is -0.437 e. The maximum atomic E-state index is 11.5. The van der Waals surface area contributed by atoms with E-state index < -0.39 is 10.0 Å². The van der Waals surface area contributed by atoms with Crippen LogP contribution in [0.25, 0.3) is 22.2 Å². The summed E-state index contributed by atoms with van der Waals surface area (Å²) in [5, 5.41) is 0.541. The van der Waals surface area contributed by atoms with Crippen LogP contribution >= 0.6 is 11.6 Å². The van der Waals surface area contributed by atoms with Crippen LogP contribution in [0.4, 0.5) is 5.69 Å². The molecule has 4 aromatic rings. The number of benzene rings is 3. The largest absolute Gasteiger partial charge is 0.437 e. The quantitative estimate of drug-likeness (QED) is 0.449. The highest BCUT2D eigenvalue weighted by molar-refractivity contribution is 7.92. The molecule has 1 aromatic heterocycles. The first-order valence-electron chi connectivity index (χ1n) is 9.07. The van der Waals surface area contributed by atoms with E-state index in [9.17, 15) is 8.42 Å². The number of halogens is 1. The molecule has 152 valence electrons. The minimum atomic E-state index is -3.35. The fraction of sp³-hybridized carbons (Fsp3) is 0.0909. The molecule has 6 nitrogen and oxygen atoms in total. The second kappa shape index (κ2) is 7.93. The number of anilines is 1. The van der Waals surface area contributed by atoms with E-state index in [2.05, 4.69) is 14.7 Å². The van der Waals surface area contributed by atoms with Crippen molar-refractivity contribution in [1.82, 2.24) is 9.97 Å². The fourth-order valence-corrected chi connectivity index (χ4v) is 3.80. The topological polar surface area (TPSA) is 81.2 Å². The molecule has 0 aliphatic rings. The van der Waals surface area contributed by atoms with Gasteiger partial charge in [0.15, 0.2) is 0 Å². The van der Waals surface area contributed by atoms with Crippen LogP contribution in [0.15, 0.2) is 66.7 Å². The van der Waals surface area contributed by atoms with Crippen molar-refractivity contribution in [3.8, 4) is 22.8 Å². The van der Waals surface area contributed by atoms with Crippen molar-refractivity contribution in [1.29, 1.82) is 0 Å². The highest BCUT2D eigenvalue weighted by Gasteiger charge is 2.11. The molecule has 1 heterocycles. The second-order valence-electron chi connectivity index (χ2n) is 6.81. The van der Waals surface area contributed by atoms with E-state index in [1.165, 1.54) is 0 Å². The van der Waals surface area contributed by atoms with E-state index in [4.69, 9.17) is 16.3 Å². The lowest BCUT2D eigenvalue weighted by atomic mass is 10.1. The Hall–Kier alpha value is -3.16. The minimum absolute atomic E-state index is 0.398. The standard InChI is InChI=1S/C22H18ClN3O3S/c1-14-22(25-20-11-5-10-19(23)21(20)24-14)29-18-9-4-7-16(13-18)15-6-3-8-17(12-15)26-30(2,27)28/h3-13,26H,1-2H3. The molecular formula is C22H18ClN3O3S. The van der Waals surface area contributed by atoms with Gasteiger partial charge in [-0.2, -0.15) is 0 Å². The molecule has 0 bridgehead atoms. The van der Waals surface area contributed by atoms with Gasteiger partial charge >= 0.3 is 0 Å². The summed E-state index contributed by atoms with van der Waals surface area (Å²) in [5.74, 6) is 0.988. The fourth-order valence-electron chi connectivity index (χ4n) is 3.03. The SMILES string of the molecule is Cc1nc2c(Cl)cccc2nc1Oc1cccc(-c2cccc(NS(C)(=O)=O)c2)c1. The molecule has 0 amide bonds. The molecular weight excluding hydrogens is 422 g/mol. The third-order valence-electron chi connectivity index (χ3n) is 4.32. The summed E-state index contributed by atoms with van der Waals surface area (Å²) < 4.78 is 31.5. The Balaban J connectivity index is 1.66. The van der Waals surface area contributed by atoms with Gasteiger partial charge in [0.05, 0.1) is 16.8 Å². The average molecular weight is 440 g/mol. The van der Waals surface area contributed by atoms with Gasteiger partial charge in [-0.1, -0.05) is 41.9 Å². The van der Waals surface area contributed by atoms with Crippen LogP contribution in [0.2, 0.25) is 5.02 Å². The van der Waals surface area contributed by atoms with Crippen molar-refractivity contribution in [3.63, 3.8) is 0 Å². The van der Waals surface area contributed by atoms with Crippen LogP contribution in [0, 0.1) is 6.92 Å². The number of para-hydroxylation sites is 1. The van der Waals surface area contributed by atoms with Crippen molar-refractivity contribution in [3.05, 3.63) is 77.4 Å². The van der Waals surface area contributed by atoms with E-state index in [-0.39, 0.29) is 0 Å². The lowest BCUT2D eigenvalue weighted by molar-refractivity contribution is 0.458. The normalized spacial score (nSPS) is 11.4. The zero-order valence-electron chi connectivity index (χ0n) is 16.3. The first-order valence-corrected chi connectivity index (χ1v) is 11.3. The van der Waals surface area contributed by atoms with E-state index >= 15 is 0 Å². The van der Waals surface area contributed by atoms with Crippen LogP contribution in [0.1, 0.15) is 5.69 Å². The number of fused-ring (bicyclic) bond motifs is 1. The number of rotatable bonds is 5. The molecule has 0 saturated heterocycles. The third kappa shape index (κ3) is 4.53. The lowest BCUT2D eigenvalue weighted by Crippen LogP contribution is -2.09. The van der Waals surface area contributed by atoms with E-state index in [0.29, 0.717) is 39.1 Å². The summed E-state index contributed by atoms with van der Waals surface area (Å²) in [6.07, 6.45) is 1.12. The number of hydrogen-bond acceptors (Lipinski definition) is 5. The van der Waals surface area contributed by atoms with Gasteiger partial charge < -0.3 is 4.74 Å². The van der Waals surface area contributed by atoms with Crippen LogP contribution in [-0.2, 0) is 10.0 Å². The van der Waals surface area contributed by atoms with Crippen molar-refractivity contribution in [2.45, 2.75) is 6.92 Å². The summed E-state index contributed by atoms with van der Waals surface area (Å²) in [6, 6.07) is 20.0. The van der Waals surface area contributed by atoms with Crippen molar-refractivity contribution >= 4 is 38.3 Å². The number of aryl methyl sites for hydroxylation is 1. The Kier molecular flexibility index (Phi) is 5.32. The average Bonchev–Trinajstić information content (AvgIpc) is 2.69. The molecule has 3 aromatic carbocycles. The van der Waals surface area contributed by atoms with Crippen LogP contribution in [0.5, 0.6) is 11.6 Å². The zero-order chi connectivity index (χ0) is 21.3. The smallest absolute Gasteiger partial charge is 0.241 e. The lowest BCUT2D eigenvalue weighted by Gasteiger charge is -2.11. The number of nitrogens with one attached hydrogen (secondary N) is 1. The molecule has 0 radical (unpaired) electrons. The van der Waals surface area contributed by atoms with Gasteiger partial charge in [-0.25, -0.2) is 18.4 Å². The summed E-state index contributed by atoms with van der Waals surface area (Å²) >= 11 is 6.20. The van der Waals surface area contributed by atoms with Crippen LogP contribution in [0.3, 0.4) is 0 Å². The summed E-state index contributed by atoms with van der Waals surface area (Å²) in [6.45, 7) is 1.81. The number of nitrogens with zero attached hydrogens (tertiary/aromatic N) is 2. The maximum absolute atomic E-state index is 11.5. The van der Waals surface area contributed by atoms with Crippen molar-refractivity contribution in [2.75, 3.05) is 11.0 Å². The molecule has 0 spiro atoms. The predicted molar refractivity (Wildman–Crippen MR) is 120 cm³/mol. The van der Waals surface area contributed by atoms with E-state index in [1.54, 1.807) is 24.3 Å². The molecule has 0 aliphatic heterocycles. The Morgan fingerprint density at radius 2 is 1.63 bits per heavy atom. The summed E-state index contributed by atoms with van der Waals surface area (Å²) in [7, 11) is -3.35. The van der Waals surface area contributed by atoms with Crippen molar-refractivity contribution in [2.24, 2.45) is 0 Å². The predicted octanol–water partition coefficient (Wildman–Crippen LogP) is 5.42. The second-order valence-corrected chi connectivity index (χ2v) is 8.96. The first-order chi connectivity index (χ1) is 14.3. The van der Waals surface area contributed by atoms with Crippen LogP contribution in [-0.4, -0.2) is 24.6 Å². The van der Waals surface area contributed by atoms with Crippen LogP contribution < -0.4 is 9.46 Å². The van der Waals surface area contributed by atoms with E-state index in [0.717, 1.165) is 17.4 Å². The Morgan fingerprint density at radius 1 is 0.933 bits per heavy atom. The van der Waals surface area contributed by atoms with Gasteiger partial charge in [-0.15, -0.1) is 0 Å². The highest BCUT2D eigenvalue weighted by Crippen LogP contribution is 2.30. The molecule has 30 heavy (non-hydrogen) atoms. The molecule has 0 atom stereocenters. The number of aromatic nitrogens is 2. The molecule has 0 saturated carbocycles. The van der Waals surface area contributed by atoms with Gasteiger partial charge in [-0.05, 0) is 54.4 Å². The summed E-state index contributed by atoms with van der Waals surface area (Å²) in [5.41, 5.74) is 4.13. The number of ether oxygens (including phenoxy) is 1. The van der Waals surface area contributed by atoms with Gasteiger partial charge in [0, 0.05) is 5.69 Å². The summed E-state index contributed by atoms with van der Waals surface area (Å²) in [4.78, 5) is 9.05. The number of hydrogen-bond donors (Lipinski definition) is 1. The third-order valence-corrected chi connectivity index (χ3v) is 5.24. The first kappa shape index (κ1) is 20.1. The molecule has 1 N–H and O–H groups in total. The van der Waals surface area contributed by atoms with Crippen molar-refractivity contribution < 1.29 is 13.2 Å². The monoisotopic (exact) mass is 439 g/mol. The molecule has 0 aliphatic carbocycles. The Bertz CT molecular complexity index is 1360. The maximum Gasteiger partial charge on any atom is 0.241 e. The van der Waals surface area contributed by atoms with Gasteiger partial charge in [-0.3, -0.25) is 4.72 Å². The molecule has 0 fully saturated rings. The van der Waals surface area contributed by atoms with Gasteiger partial charge in [0.2, 0.25) is 15.9 Å². The van der Waals surface area contributed by atoms with Gasteiger partial charge in [0.1, 0.15) is 17.0 Å². The molecule has 4 rings (SSSR count). The highest BCUT2D eigenvalue weighted by atomic mass is 35.5. The Labute approximate surface area is 179 Å². The Morgan fingerprint density at radius 3 is 2.40 bits per heavy atom. The zero-order valence-corrected chi connectivity index (χ0v) is 17.8. The molecule has 8 heteroatoms. The van der Waals surface area contributed by atoms with Gasteiger partial charge in [0.25, 0.3) is 0 Å². The molecule has 0 unspecified atom stereocenters. The number of sulfonamides is 1.